The van der Waals surface area contributed by atoms with E-state index in [-0.39, 0.29) is 24.8 Å². The van der Waals surface area contributed by atoms with Gasteiger partial charge in [0.15, 0.2) is 6.61 Å². The van der Waals surface area contributed by atoms with E-state index in [0.29, 0.717) is 12.2 Å². The molecule has 0 saturated heterocycles. The molecule has 0 aliphatic carbocycles. The molecule has 0 fully saturated rings. The average Bonchev–Trinajstić information content (AvgIpc) is 2.60. The van der Waals surface area contributed by atoms with Gasteiger partial charge in [-0.1, -0.05) is 24.3 Å². The summed E-state index contributed by atoms with van der Waals surface area (Å²) in [6.07, 6.45) is 0.644. The van der Waals surface area contributed by atoms with Gasteiger partial charge in [0.1, 0.15) is 11.6 Å². The maximum atomic E-state index is 12.8. The molecule has 6 heteroatoms. The smallest absolute Gasteiger partial charge is 0.276 e. The van der Waals surface area contributed by atoms with Gasteiger partial charge in [0.25, 0.3) is 5.91 Å². The van der Waals surface area contributed by atoms with Crippen molar-refractivity contribution in [3.05, 3.63) is 65.0 Å². The SMILES string of the molecule is Cc1ccc(C)c(OCC(=O)NNC(=O)CCc2ccc(F)cc2)c1. The lowest BCUT2D eigenvalue weighted by molar-refractivity contribution is -0.130. The summed E-state index contributed by atoms with van der Waals surface area (Å²) < 4.78 is 18.3. The first-order valence-electron chi connectivity index (χ1n) is 7.96. The van der Waals surface area contributed by atoms with Crippen molar-refractivity contribution < 1.29 is 18.7 Å². The third-order valence-corrected chi connectivity index (χ3v) is 3.60. The number of ether oxygens (including phenoxy) is 1. The molecule has 2 aromatic rings. The molecule has 5 nitrogen and oxygen atoms in total. The van der Waals surface area contributed by atoms with Gasteiger partial charge < -0.3 is 4.74 Å². The number of benzene rings is 2. The quantitative estimate of drug-likeness (QED) is 0.792. The zero-order chi connectivity index (χ0) is 18.2. The highest BCUT2D eigenvalue weighted by Crippen LogP contribution is 2.18. The molecule has 0 aromatic heterocycles. The molecule has 0 radical (unpaired) electrons. The van der Waals surface area contributed by atoms with Crippen LogP contribution in [0.2, 0.25) is 0 Å². The Bertz CT molecular complexity index is 745. The molecule has 2 amide bonds. The summed E-state index contributed by atoms with van der Waals surface area (Å²) in [5.74, 6) is -0.456. The van der Waals surface area contributed by atoms with Crippen molar-refractivity contribution in [1.82, 2.24) is 10.9 Å². The fourth-order valence-corrected chi connectivity index (χ4v) is 2.15. The highest BCUT2D eigenvalue weighted by molar-refractivity contribution is 5.82. The maximum absolute atomic E-state index is 12.8. The van der Waals surface area contributed by atoms with E-state index in [2.05, 4.69) is 10.9 Å². The lowest BCUT2D eigenvalue weighted by atomic mass is 10.1. The Kier molecular flexibility index (Phi) is 6.51. The first-order valence-corrected chi connectivity index (χ1v) is 7.96. The number of amides is 2. The van der Waals surface area contributed by atoms with Crippen molar-refractivity contribution >= 4 is 11.8 Å². The minimum atomic E-state index is -0.448. The summed E-state index contributed by atoms with van der Waals surface area (Å²) in [5.41, 5.74) is 7.46. The van der Waals surface area contributed by atoms with Crippen LogP contribution in [-0.4, -0.2) is 18.4 Å². The summed E-state index contributed by atoms with van der Waals surface area (Å²) in [6.45, 7) is 3.64. The van der Waals surface area contributed by atoms with Crippen LogP contribution in [0.15, 0.2) is 42.5 Å². The van der Waals surface area contributed by atoms with Crippen LogP contribution in [0.1, 0.15) is 23.1 Å². The topological polar surface area (TPSA) is 67.4 Å². The molecule has 132 valence electrons. The number of hydrogen-bond acceptors (Lipinski definition) is 3. The molecule has 0 spiro atoms. The highest BCUT2D eigenvalue weighted by atomic mass is 19.1. The van der Waals surface area contributed by atoms with E-state index in [0.717, 1.165) is 16.7 Å². The Balaban J connectivity index is 1.69. The van der Waals surface area contributed by atoms with Crippen LogP contribution in [0, 0.1) is 19.7 Å². The lowest BCUT2D eigenvalue weighted by Crippen LogP contribution is -2.43. The normalized spacial score (nSPS) is 10.2. The Hall–Kier alpha value is -2.89. The summed E-state index contributed by atoms with van der Waals surface area (Å²) in [4.78, 5) is 23.5. The van der Waals surface area contributed by atoms with E-state index in [9.17, 15) is 14.0 Å². The summed E-state index contributed by atoms with van der Waals surface area (Å²) in [6, 6.07) is 11.7. The largest absolute Gasteiger partial charge is 0.483 e. The molecular formula is C19H21FN2O3. The number of hydrogen-bond donors (Lipinski definition) is 2. The van der Waals surface area contributed by atoms with Gasteiger partial charge in [-0.15, -0.1) is 0 Å². The summed E-state index contributed by atoms with van der Waals surface area (Å²) in [5, 5.41) is 0. The van der Waals surface area contributed by atoms with E-state index in [1.165, 1.54) is 12.1 Å². The second-order valence-electron chi connectivity index (χ2n) is 5.78. The van der Waals surface area contributed by atoms with Crippen LogP contribution in [0.25, 0.3) is 0 Å². The Morgan fingerprint density at radius 1 is 1.00 bits per heavy atom. The van der Waals surface area contributed by atoms with E-state index >= 15 is 0 Å². The second kappa shape index (κ2) is 8.82. The molecule has 0 bridgehead atoms. The van der Waals surface area contributed by atoms with E-state index in [1.54, 1.807) is 12.1 Å². The predicted octanol–water partition coefficient (Wildman–Crippen LogP) is 2.60. The maximum Gasteiger partial charge on any atom is 0.276 e. The van der Waals surface area contributed by atoms with E-state index in [4.69, 9.17) is 4.74 Å². The molecule has 0 unspecified atom stereocenters. The first-order chi connectivity index (χ1) is 11.9. The molecule has 2 N–H and O–H groups in total. The Morgan fingerprint density at radius 3 is 2.40 bits per heavy atom. The van der Waals surface area contributed by atoms with E-state index in [1.807, 2.05) is 32.0 Å². The van der Waals surface area contributed by atoms with Gasteiger partial charge in [-0.3, -0.25) is 20.4 Å². The minimum absolute atomic E-state index is 0.184. The van der Waals surface area contributed by atoms with Crippen molar-refractivity contribution in [3.63, 3.8) is 0 Å². The summed E-state index contributed by atoms with van der Waals surface area (Å²) in [7, 11) is 0. The number of hydrazine groups is 1. The fraction of sp³-hybridized carbons (Fsp3) is 0.263. The van der Waals surface area contributed by atoms with Gasteiger partial charge in [-0.25, -0.2) is 4.39 Å². The van der Waals surface area contributed by atoms with Gasteiger partial charge >= 0.3 is 0 Å². The van der Waals surface area contributed by atoms with Gasteiger partial charge in [0.05, 0.1) is 0 Å². The first kappa shape index (κ1) is 18.4. The van der Waals surface area contributed by atoms with E-state index < -0.39 is 5.91 Å². The number of carbonyl (C=O) groups is 2. The number of rotatable bonds is 6. The van der Waals surface area contributed by atoms with Crippen LogP contribution in [0.3, 0.4) is 0 Å². The summed E-state index contributed by atoms with van der Waals surface area (Å²) >= 11 is 0. The molecule has 2 rings (SSSR count). The zero-order valence-corrected chi connectivity index (χ0v) is 14.3. The van der Waals surface area contributed by atoms with Crippen molar-refractivity contribution in [2.75, 3.05) is 6.61 Å². The number of carbonyl (C=O) groups excluding carboxylic acids is 2. The lowest BCUT2D eigenvalue weighted by Gasteiger charge is -2.11. The van der Waals surface area contributed by atoms with Crippen LogP contribution >= 0.6 is 0 Å². The van der Waals surface area contributed by atoms with Gasteiger partial charge in [-0.05, 0) is 55.2 Å². The van der Waals surface area contributed by atoms with Crippen molar-refractivity contribution in [1.29, 1.82) is 0 Å². The monoisotopic (exact) mass is 344 g/mol. The van der Waals surface area contributed by atoms with Crippen molar-refractivity contribution in [2.45, 2.75) is 26.7 Å². The second-order valence-corrected chi connectivity index (χ2v) is 5.78. The van der Waals surface area contributed by atoms with Gasteiger partial charge in [0.2, 0.25) is 5.91 Å². The molecule has 0 aliphatic rings. The molecular weight excluding hydrogens is 323 g/mol. The van der Waals surface area contributed by atoms with Gasteiger partial charge in [0, 0.05) is 6.42 Å². The standard InChI is InChI=1S/C19H21FN2O3/c1-13-3-4-14(2)17(11-13)25-12-19(24)22-21-18(23)10-7-15-5-8-16(20)9-6-15/h3-6,8-9,11H,7,10,12H2,1-2H3,(H,21,23)(H,22,24). The highest BCUT2D eigenvalue weighted by Gasteiger charge is 2.07. The minimum Gasteiger partial charge on any atom is -0.483 e. The van der Waals surface area contributed by atoms with Crippen molar-refractivity contribution in [3.8, 4) is 5.75 Å². The molecule has 0 heterocycles. The molecule has 0 saturated carbocycles. The van der Waals surface area contributed by atoms with Gasteiger partial charge in [-0.2, -0.15) is 0 Å². The average molecular weight is 344 g/mol. The third-order valence-electron chi connectivity index (χ3n) is 3.60. The van der Waals surface area contributed by atoms with Crippen LogP contribution in [-0.2, 0) is 16.0 Å². The number of aryl methyl sites for hydroxylation is 3. The molecule has 2 aromatic carbocycles. The van der Waals surface area contributed by atoms with Crippen molar-refractivity contribution in [2.24, 2.45) is 0 Å². The third kappa shape index (κ3) is 6.25. The van der Waals surface area contributed by atoms with Crippen LogP contribution in [0.4, 0.5) is 4.39 Å². The number of halogens is 1. The molecule has 0 aliphatic heterocycles. The fourth-order valence-electron chi connectivity index (χ4n) is 2.15. The van der Waals surface area contributed by atoms with Crippen LogP contribution in [0.5, 0.6) is 5.75 Å². The Labute approximate surface area is 146 Å². The molecule has 0 atom stereocenters. The zero-order valence-electron chi connectivity index (χ0n) is 14.3. The van der Waals surface area contributed by atoms with Crippen LogP contribution < -0.4 is 15.6 Å². The number of nitrogens with one attached hydrogen (secondary N) is 2. The molecule has 25 heavy (non-hydrogen) atoms. The predicted molar refractivity (Wildman–Crippen MR) is 92.4 cm³/mol. The Morgan fingerprint density at radius 2 is 1.68 bits per heavy atom.